The Labute approximate surface area is 172 Å². The largest absolute Gasteiger partial charge is 0.458 e. The smallest absolute Gasteiger partial charge is 0.334 e. The molecule has 3 aliphatic rings. The van der Waals surface area contributed by atoms with Crippen molar-refractivity contribution in [3.8, 4) is 0 Å². The van der Waals surface area contributed by atoms with Gasteiger partial charge in [-0.25, -0.2) is 14.4 Å². The zero-order chi connectivity index (χ0) is 20.5. The van der Waals surface area contributed by atoms with Gasteiger partial charge in [0, 0.05) is 34.9 Å². The molecule has 0 spiro atoms. The second-order valence-electron chi connectivity index (χ2n) is 7.30. The molecule has 29 heavy (non-hydrogen) atoms. The number of thiophene rings is 1. The summed E-state index contributed by atoms with van der Waals surface area (Å²) in [6, 6.07) is 3.79. The molecule has 4 atom stereocenters. The summed E-state index contributed by atoms with van der Waals surface area (Å²) in [7, 11) is 0. The van der Waals surface area contributed by atoms with E-state index in [1.54, 1.807) is 18.2 Å². The van der Waals surface area contributed by atoms with Crippen molar-refractivity contribution < 1.29 is 28.6 Å². The third-order valence-corrected chi connectivity index (χ3v) is 5.99. The van der Waals surface area contributed by atoms with Crippen LogP contribution in [0.3, 0.4) is 0 Å². The maximum Gasteiger partial charge on any atom is 0.334 e. The van der Waals surface area contributed by atoms with Crippen molar-refractivity contribution in [1.29, 1.82) is 0 Å². The topological polar surface area (TPSA) is 78.9 Å². The Balaban J connectivity index is 1.61. The Morgan fingerprint density at radius 1 is 1.24 bits per heavy atom. The molecule has 1 aromatic rings. The SMILES string of the molecule is C=C1C(=O)O[C@H]2CC3=C[C@@H](C/C(C)=C/[C@@H](OC(=O)/C=C/c4cccs4)[C@H]12)OC3=O. The first-order chi connectivity index (χ1) is 13.9. The Hall–Kier alpha value is -2.93. The van der Waals surface area contributed by atoms with Crippen molar-refractivity contribution in [2.75, 3.05) is 0 Å². The predicted molar refractivity (Wildman–Crippen MR) is 107 cm³/mol. The molecule has 150 valence electrons. The van der Waals surface area contributed by atoms with Crippen molar-refractivity contribution in [3.05, 3.63) is 63.9 Å². The predicted octanol–water partition coefficient (Wildman–Crippen LogP) is 3.36. The number of esters is 3. The highest BCUT2D eigenvalue weighted by Gasteiger charge is 2.46. The van der Waals surface area contributed by atoms with Crippen molar-refractivity contribution in [2.45, 2.75) is 38.1 Å². The lowest BCUT2D eigenvalue weighted by molar-refractivity contribution is -0.145. The molecule has 0 unspecified atom stereocenters. The summed E-state index contributed by atoms with van der Waals surface area (Å²) in [5, 5.41) is 1.92. The van der Waals surface area contributed by atoms with Crippen LogP contribution in [0.5, 0.6) is 0 Å². The van der Waals surface area contributed by atoms with Gasteiger partial charge in [-0.2, -0.15) is 0 Å². The van der Waals surface area contributed by atoms with Gasteiger partial charge in [0.25, 0.3) is 0 Å². The molecule has 0 saturated carbocycles. The van der Waals surface area contributed by atoms with Crippen LogP contribution in [0.15, 0.2) is 59.0 Å². The highest BCUT2D eigenvalue weighted by Crippen LogP contribution is 2.38. The lowest BCUT2D eigenvalue weighted by Crippen LogP contribution is -2.32. The van der Waals surface area contributed by atoms with Crippen LogP contribution in [-0.4, -0.2) is 36.2 Å². The minimum atomic E-state index is -0.729. The number of fused-ring (bicyclic) bond motifs is 2. The van der Waals surface area contributed by atoms with Gasteiger partial charge < -0.3 is 14.2 Å². The van der Waals surface area contributed by atoms with E-state index < -0.39 is 36.0 Å². The van der Waals surface area contributed by atoms with Gasteiger partial charge in [0.15, 0.2) is 0 Å². The molecule has 4 rings (SSSR count). The van der Waals surface area contributed by atoms with Gasteiger partial charge in [0.1, 0.15) is 18.3 Å². The van der Waals surface area contributed by atoms with Crippen LogP contribution >= 0.6 is 11.3 Å². The van der Waals surface area contributed by atoms with E-state index in [4.69, 9.17) is 14.2 Å². The molecule has 0 N–H and O–H groups in total. The van der Waals surface area contributed by atoms with Crippen LogP contribution in [0.2, 0.25) is 0 Å². The second-order valence-corrected chi connectivity index (χ2v) is 8.28. The lowest BCUT2D eigenvalue weighted by Gasteiger charge is -2.25. The normalized spacial score (nSPS) is 30.9. The van der Waals surface area contributed by atoms with Crippen LogP contribution in [0.1, 0.15) is 24.6 Å². The standard InChI is InChI=1S/C22H20O6S/c1-12-8-15-10-14(22(25)26-15)11-18-20(13(2)21(24)28-18)17(9-12)27-19(23)6-5-16-4-3-7-29-16/h3-7,9-10,15,17-18,20H,2,8,11H2,1H3/b6-5+,12-9+/t15-,17-,18+,20+/m1/s1. The highest BCUT2D eigenvalue weighted by atomic mass is 32.1. The Morgan fingerprint density at radius 2 is 2.07 bits per heavy atom. The first kappa shape index (κ1) is 19.4. The van der Waals surface area contributed by atoms with Gasteiger partial charge in [-0.1, -0.05) is 18.2 Å². The van der Waals surface area contributed by atoms with Gasteiger partial charge in [-0.05, 0) is 36.6 Å². The summed E-state index contributed by atoms with van der Waals surface area (Å²) < 4.78 is 16.5. The molecule has 2 aliphatic heterocycles. The van der Waals surface area contributed by atoms with Crippen molar-refractivity contribution in [1.82, 2.24) is 0 Å². The van der Waals surface area contributed by atoms with Gasteiger partial charge in [0.2, 0.25) is 0 Å². The molecule has 0 aromatic carbocycles. The molecule has 2 bridgehead atoms. The fraction of sp³-hybridized carbons (Fsp3) is 0.318. The van der Waals surface area contributed by atoms with E-state index in [0.717, 1.165) is 10.5 Å². The minimum absolute atomic E-state index is 0.205. The fourth-order valence-corrected chi connectivity index (χ4v) is 4.44. The molecule has 0 amide bonds. The number of hydrogen-bond donors (Lipinski definition) is 0. The molecule has 0 radical (unpaired) electrons. The first-order valence-electron chi connectivity index (χ1n) is 9.31. The average Bonchev–Trinajstić information content (AvgIpc) is 3.35. The van der Waals surface area contributed by atoms with Crippen molar-refractivity contribution in [3.63, 3.8) is 0 Å². The molecule has 1 aliphatic carbocycles. The van der Waals surface area contributed by atoms with E-state index in [9.17, 15) is 14.4 Å². The monoisotopic (exact) mass is 412 g/mol. The minimum Gasteiger partial charge on any atom is -0.458 e. The summed E-state index contributed by atoms with van der Waals surface area (Å²) in [4.78, 5) is 37.7. The molecule has 1 aromatic heterocycles. The third-order valence-electron chi connectivity index (χ3n) is 5.16. The Kier molecular flexibility index (Phi) is 5.24. The number of carbonyl (C=O) groups is 3. The Morgan fingerprint density at radius 3 is 2.83 bits per heavy atom. The van der Waals surface area contributed by atoms with Gasteiger partial charge >= 0.3 is 17.9 Å². The Bertz CT molecular complexity index is 952. The van der Waals surface area contributed by atoms with E-state index in [-0.39, 0.29) is 18.1 Å². The van der Waals surface area contributed by atoms with Crippen LogP contribution in [-0.2, 0) is 28.6 Å². The fourth-order valence-electron chi connectivity index (χ4n) is 3.82. The summed E-state index contributed by atoms with van der Waals surface area (Å²) >= 11 is 1.51. The number of carbonyl (C=O) groups excluding carboxylic acids is 3. The summed E-state index contributed by atoms with van der Waals surface area (Å²) in [5.41, 5.74) is 1.60. The summed E-state index contributed by atoms with van der Waals surface area (Å²) in [6.07, 6.45) is 5.59. The van der Waals surface area contributed by atoms with Crippen LogP contribution < -0.4 is 0 Å². The average molecular weight is 412 g/mol. The van der Waals surface area contributed by atoms with Crippen molar-refractivity contribution in [2.24, 2.45) is 5.92 Å². The second kappa shape index (κ2) is 7.83. The van der Waals surface area contributed by atoms with E-state index in [0.29, 0.717) is 12.0 Å². The lowest BCUT2D eigenvalue weighted by atomic mass is 9.85. The van der Waals surface area contributed by atoms with Crippen molar-refractivity contribution >= 4 is 35.3 Å². The van der Waals surface area contributed by atoms with E-state index in [2.05, 4.69) is 6.58 Å². The molecule has 3 heterocycles. The summed E-state index contributed by atoms with van der Waals surface area (Å²) in [5.74, 6) is -2.03. The zero-order valence-electron chi connectivity index (χ0n) is 15.8. The number of hydrogen-bond acceptors (Lipinski definition) is 7. The molecular formula is C22H20O6S. The van der Waals surface area contributed by atoms with Gasteiger partial charge in [0.05, 0.1) is 5.92 Å². The maximum atomic E-state index is 12.5. The number of ether oxygens (including phenoxy) is 3. The van der Waals surface area contributed by atoms with E-state index in [1.165, 1.54) is 17.4 Å². The van der Waals surface area contributed by atoms with Crippen LogP contribution in [0.4, 0.5) is 0 Å². The van der Waals surface area contributed by atoms with Gasteiger partial charge in [-0.15, -0.1) is 11.3 Å². The zero-order valence-corrected chi connectivity index (χ0v) is 16.6. The first-order valence-corrected chi connectivity index (χ1v) is 10.2. The van der Waals surface area contributed by atoms with E-state index in [1.807, 2.05) is 24.4 Å². The highest BCUT2D eigenvalue weighted by molar-refractivity contribution is 7.10. The van der Waals surface area contributed by atoms with E-state index >= 15 is 0 Å². The molecule has 1 saturated heterocycles. The maximum absolute atomic E-state index is 12.5. The van der Waals surface area contributed by atoms with Crippen LogP contribution in [0, 0.1) is 5.92 Å². The van der Waals surface area contributed by atoms with Gasteiger partial charge in [-0.3, -0.25) is 0 Å². The summed E-state index contributed by atoms with van der Waals surface area (Å²) in [6.45, 7) is 5.72. The quantitative estimate of drug-likeness (QED) is 0.328. The van der Waals surface area contributed by atoms with Crippen LogP contribution in [0.25, 0.3) is 6.08 Å². The molecule has 1 fully saturated rings. The number of rotatable bonds is 3. The molecule has 7 heteroatoms. The third kappa shape index (κ3) is 4.10. The molecule has 6 nitrogen and oxygen atoms in total. The molecular weight excluding hydrogens is 392 g/mol.